The molecule has 10 heteroatoms. The molecule has 0 saturated carbocycles. The van der Waals surface area contributed by atoms with Gasteiger partial charge in [-0.25, -0.2) is 21.5 Å². The standard InChI is InChI=1S/C24H30ClF2N3O3S/c1-5-15-34(32,33)30-13-11-24(12-14-30,19-8-6-7-16(2)28-19)23(3,4)29-22(31)20-17(26)9-10-18(27)21(20)25/h6-10H,5,11-15H2,1-4H3,(H,29,31). The molecule has 1 aliphatic heterocycles. The predicted molar refractivity (Wildman–Crippen MR) is 128 cm³/mol. The summed E-state index contributed by atoms with van der Waals surface area (Å²) in [5.74, 6) is -2.60. The summed E-state index contributed by atoms with van der Waals surface area (Å²) in [6.45, 7) is 7.76. The topological polar surface area (TPSA) is 79.4 Å². The van der Waals surface area contributed by atoms with E-state index in [0.29, 0.717) is 25.0 Å². The van der Waals surface area contributed by atoms with Crippen molar-refractivity contribution >= 4 is 27.5 Å². The third-order valence-corrected chi connectivity index (χ3v) is 9.15. The quantitative estimate of drug-likeness (QED) is 0.549. The number of halogens is 3. The van der Waals surface area contributed by atoms with E-state index in [-0.39, 0.29) is 18.8 Å². The van der Waals surface area contributed by atoms with Gasteiger partial charge < -0.3 is 5.32 Å². The summed E-state index contributed by atoms with van der Waals surface area (Å²) in [7, 11) is -3.38. The number of rotatable bonds is 7. The predicted octanol–water partition coefficient (Wildman–Crippen LogP) is 4.60. The Balaban J connectivity index is 2.00. The summed E-state index contributed by atoms with van der Waals surface area (Å²) in [5.41, 5.74) is -0.850. The number of benzene rings is 1. The van der Waals surface area contributed by atoms with Gasteiger partial charge in [-0.2, -0.15) is 0 Å². The highest BCUT2D eigenvalue weighted by Gasteiger charge is 2.51. The molecule has 6 nitrogen and oxygen atoms in total. The van der Waals surface area contributed by atoms with Gasteiger partial charge in [-0.05, 0) is 64.3 Å². The Bertz CT molecular complexity index is 1180. The molecule has 1 aromatic heterocycles. The lowest BCUT2D eigenvalue weighted by Crippen LogP contribution is -2.63. The summed E-state index contributed by atoms with van der Waals surface area (Å²) in [6.07, 6.45) is 1.29. The van der Waals surface area contributed by atoms with Gasteiger partial charge in [0.05, 0.1) is 16.3 Å². The summed E-state index contributed by atoms with van der Waals surface area (Å²) in [5, 5.41) is 2.26. The van der Waals surface area contributed by atoms with Crippen molar-refractivity contribution in [2.45, 2.75) is 57.9 Å². The average molecular weight is 514 g/mol. The molecule has 3 rings (SSSR count). The zero-order chi connectivity index (χ0) is 25.3. The number of pyridine rings is 1. The van der Waals surface area contributed by atoms with E-state index in [1.807, 2.05) is 32.0 Å². The third kappa shape index (κ3) is 4.97. The van der Waals surface area contributed by atoms with E-state index in [9.17, 15) is 22.0 Å². The van der Waals surface area contributed by atoms with E-state index in [1.165, 1.54) is 4.31 Å². The highest BCUT2D eigenvalue weighted by atomic mass is 35.5. The number of sulfonamides is 1. The van der Waals surface area contributed by atoms with Crippen LogP contribution in [-0.4, -0.2) is 48.0 Å². The molecule has 1 aromatic carbocycles. The first-order chi connectivity index (χ1) is 15.8. The van der Waals surface area contributed by atoms with Crippen molar-refractivity contribution in [2.24, 2.45) is 0 Å². The van der Waals surface area contributed by atoms with Gasteiger partial charge >= 0.3 is 0 Å². The SMILES string of the molecule is CCCS(=O)(=O)N1CCC(c2cccc(C)n2)(C(C)(C)NC(=O)c2c(F)ccc(F)c2Cl)CC1. The number of nitrogens with one attached hydrogen (secondary N) is 1. The van der Waals surface area contributed by atoms with Crippen LogP contribution in [0.4, 0.5) is 8.78 Å². The monoisotopic (exact) mass is 513 g/mol. The Kier molecular flexibility index (Phi) is 7.70. The second-order valence-corrected chi connectivity index (χ2v) is 11.7. The average Bonchev–Trinajstić information content (AvgIpc) is 2.76. The highest BCUT2D eigenvalue weighted by molar-refractivity contribution is 7.89. The Labute approximate surface area is 204 Å². The number of piperidine rings is 1. The number of hydrogen-bond donors (Lipinski definition) is 1. The minimum absolute atomic E-state index is 0.0696. The fourth-order valence-corrected chi connectivity index (χ4v) is 6.50. The number of amides is 1. The van der Waals surface area contributed by atoms with Crippen LogP contribution in [0.1, 0.15) is 61.8 Å². The Hall–Kier alpha value is -2.10. The van der Waals surface area contributed by atoms with Gasteiger partial charge in [-0.3, -0.25) is 9.78 Å². The number of aromatic nitrogens is 1. The maximum absolute atomic E-state index is 14.4. The molecule has 1 aliphatic rings. The van der Waals surface area contributed by atoms with E-state index in [2.05, 4.69) is 5.32 Å². The van der Waals surface area contributed by atoms with Crippen molar-refractivity contribution in [2.75, 3.05) is 18.8 Å². The lowest BCUT2D eigenvalue weighted by molar-refractivity contribution is 0.0767. The highest BCUT2D eigenvalue weighted by Crippen LogP contribution is 2.44. The van der Waals surface area contributed by atoms with Crippen LogP contribution in [0.5, 0.6) is 0 Å². The van der Waals surface area contributed by atoms with Gasteiger partial charge in [0.25, 0.3) is 5.91 Å². The molecule has 186 valence electrons. The van der Waals surface area contributed by atoms with Crippen molar-refractivity contribution in [3.8, 4) is 0 Å². The van der Waals surface area contributed by atoms with Gasteiger partial charge in [-0.1, -0.05) is 24.6 Å². The molecule has 0 spiro atoms. The normalized spacial score (nSPS) is 16.9. The Morgan fingerprint density at radius 2 is 1.79 bits per heavy atom. The molecule has 1 N–H and O–H groups in total. The molecule has 2 heterocycles. The van der Waals surface area contributed by atoms with Crippen LogP contribution in [0.3, 0.4) is 0 Å². The minimum Gasteiger partial charge on any atom is -0.346 e. The molecule has 1 amide bonds. The van der Waals surface area contributed by atoms with Crippen LogP contribution in [0.15, 0.2) is 30.3 Å². The molecule has 0 radical (unpaired) electrons. The first kappa shape index (κ1) is 26.5. The largest absolute Gasteiger partial charge is 0.346 e. The second kappa shape index (κ2) is 9.87. The van der Waals surface area contributed by atoms with Crippen molar-refractivity contribution < 1.29 is 22.0 Å². The van der Waals surface area contributed by atoms with Crippen LogP contribution in [0.2, 0.25) is 5.02 Å². The second-order valence-electron chi connectivity index (χ2n) is 9.26. The summed E-state index contributed by atoms with van der Waals surface area (Å²) >= 11 is 5.92. The smallest absolute Gasteiger partial charge is 0.256 e. The Morgan fingerprint density at radius 3 is 2.38 bits per heavy atom. The third-order valence-electron chi connectivity index (χ3n) is 6.70. The fraction of sp³-hybridized carbons (Fsp3) is 0.500. The number of carbonyl (C=O) groups is 1. The molecule has 0 aliphatic carbocycles. The zero-order valence-corrected chi connectivity index (χ0v) is 21.4. The van der Waals surface area contributed by atoms with Crippen LogP contribution in [0, 0.1) is 18.6 Å². The van der Waals surface area contributed by atoms with Gasteiger partial charge in [0, 0.05) is 35.4 Å². The number of nitrogens with zero attached hydrogens (tertiary/aromatic N) is 2. The summed E-state index contributed by atoms with van der Waals surface area (Å²) < 4.78 is 55.2. The van der Waals surface area contributed by atoms with Gasteiger partial charge in [0.15, 0.2) is 0 Å². The minimum atomic E-state index is -3.38. The lowest BCUT2D eigenvalue weighted by atomic mass is 9.63. The number of hydrogen-bond acceptors (Lipinski definition) is 4. The first-order valence-corrected chi connectivity index (χ1v) is 13.2. The van der Waals surface area contributed by atoms with Gasteiger partial charge in [0.1, 0.15) is 11.6 Å². The Morgan fingerprint density at radius 1 is 1.18 bits per heavy atom. The van der Waals surface area contributed by atoms with E-state index in [4.69, 9.17) is 16.6 Å². The maximum Gasteiger partial charge on any atom is 0.256 e. The van der Waals surface area contributed by atoms with Crippen LogP contribution in [0.25, 0.3) is 0 Å². The van der Waals surface area contributed by atoms with E-state index in [1.54, 1.807) is 13.8 Å². The molecule has 1 saturated heterocycles. The van der Waals surface area contributed by atoms with E-state index >= 15 is 0 Å². The van der Waals surface area contributed by atoms with Crippen molar-refractivity contribution in [3.63, 3.8) is 0 Å². The fourth-order valence-electron chi connectivity index (χ4n) is 4.75. The maximum atomic E-state index is 14.4. The van der Waals surface area contributed by atoms with Crippen molar-refractivity contribution in [1.29, 1.82) is 0 Å². The molecule has 0 bridgehead atoms. The lowest BCUT2D eigenvalue weighted by Gasteiger charge is -2.51. The summed E-state index contributed by atoms with van der Waals surface area (Å²) in [4.78, 5) is 17.8. The molecule has 0 unspecified atom stereocenters. The molecular formula is C24H30ClF2N3O3S. The molecule has 1 fully saturated rings. The van der Waals surface area contributed by atoms with Crippen LogP contribution < -0.4 is 5.32 Å². The van der Waals surface area contributed by atoms with E-state index in [0.717, 1.165) is 17.8 Å². The van der Waals surface area contributed by atoms with Crippen LogP contribution in [-0.2, 0) is 15.4 Å². The molecule has 2 aromatic rings. The van der Waals surface area contributed by atoms with E-state index < -0.39 is 49.1 Å². The first-order valence-electron chi connectivity index (χ1n) is 11.2. The van der Waals surface area contributed by atoms with Crippen molar-refractivity contribution in [1.82, 2.24) is 14.6 Å². The zero-order valence-electron chi connectivity index (χ0n) is 19.8. The number of carbonyl (C=O) groups excluding carboxylic acids is 1. The van der Waals surface area contributed by atoms with Crippen molar-refractivity contribution in [3.05, 3.63) is 63.9 Å². The molecule has 0 atom stereocenters. The number of aryl methyl sites for hydroxylation is 1. The van der Waals surface area contributed by atoms with Crippen LogP contribution >= 0.6 is 11.6 Å². The van der Waals surface area contributed by atoms with Gasteiger partial charge in [0.2, 0.25) is 10.0 Å². The summed E-state index contributed by atoms with van der Waals surface area (Å²) in [6, 6.07) is 7.29. The molecular weight excluding hydrogens is 484 g/mol. The molecule has 34 heavy (non-hydrogen) atoms. The van der Waals surface area contributed by atoms with Gasteiger partial charge in [-0.15, -0.1) is 0 Å².